The molecule has 0 aromatic carbocycles. The van der Waals surface area contributed by atoms with E-state index in [1.165, 1.54) is 7.11 Å². The number of anilines is 1. The molecule has 0 N–H and O–H groups in total. The molecule has 0 aliphatic heterocycles. The van der Waals surface area contributed by atoms with Crippen molar-refractivity contribution >= 4 is 23.5 Å². The predicted molar refractivity (Wildman–Crippen MR) is 86.3 cm³/mol. The zero-order valence-corrected chi connectivity index (χ0v) is 14.0. The van der Waals surface area contributed by atoms with E-state index in [2.05, 4.69) is 28.5 Å². The molecular weight excluding hydrogens is 288 g/mol. The molecule has 0 amide bonds. The van der Waals surface area contributed by atoms with E-state index in [1.54, 1.807) is 25.1 Å². The standard InChI is InChI=1S/C15H24N2O3S/c1-5-10-17(6-2)15-14(20-4)12(7-9-16-15)21-11-8-13(18)19-3/h7,9H,5-6,8,10-11H2,1-4H3. The summed E-state index contributed by atoms with van der Waals surface area (Å²) in [5.41, 5.74) is 0. The summed E-state index contributed by atoms with van der Waals surface area (Å²) in [4.78, 5) is 18.8. The summed E-state index contributed by atoms with van der Waals surface area (Å²) in [5.74, 6) is 2.11. The first-order chi connectivity index (χ1) is 10.2. The van der Waals surface area contributed by atoms with Crippen LogP contribution in [0.2, 0.25) is 0 Å². The fraction of sp³-hybridized carbons (Fsp3) is 0.600. The number of aromatic nitrogens is 1. The molecule has 0 saturated carbocycles. The van der Waals surface area contributed by atoms with Crippen LogP contribution in [-0.4, -0.2) is 44.0 Å². The van der Waals surface area contributed by atoms with Gasteiger partial charge in [0.05, 0.1) is 25.5 Å². The molecule has 21 heavy (non-hydrogen) atoms. The molecule has 1 heterocycles. The number of carbonyl (C=O) groups is 1. The van der Waals surface area contributed by atoms with Crippen LogP contribution < -0.4 is 9.64 Å². The molecule has 0 spiro atoms. The number of thioether (sulfide) groups is 1. The summed E-state index contributed by atoms with van der Waals surface area (Å²) in [5, 5.41) is 0. The van der Waals surface area contributed by atoms with Crippen LogP contribution in [0.25, 0.3) is 0 Å². The Morgan fingerprint density at radius 1 is 1.38 bits per heavy atom. The lowest BCUT2D eigenvalue weighted by Crippen LogP contribution is -2.25. The molecule has 0 fully saturated rings. The number of esters is 1. The lowest BCUT2D eigenvalue weighted by Gasteiger charge is -2.24. The van der Waals surface area contributed by atoms with E-state index in [0.717, 1.165) is 36.0 Å². The second kappa shape index (κ2) is 9.50. The van der Waals surface area contributed by atoms with Crippen molar-refractivity contribution in [1.82, 2.24) is 4.98 Å². The molecule has 0 atom stereocenters. The van der Waals surface area contributed by atoms with Crippen molar-refractivity contribution in [2.24, 2.45) is 0 Å². The number of rotatable bonds is 9. The molecule has 0 bridgehead atoms. The van der Waals surface area contributed by atoms with Crippen LogP contribution >= 0.6 is 11.8 Å². The highest BCUT2D eigenvalue weighted by Crippen LogP contribution is 2.36. The van der Waals surface area contributed by atoms with Gasteiger partial charge in [-0.1, -0.05) is 6.92 Å². The molecular formula is C15H24N2O3S. The summed E-state index contributed by atoms with van der Waals surface area (Å²) in [7, 11) is 3.06. The van der Waals surface area contributed by atoms with Gasteiger partial charge in [0, 0.05) is 25.0 Å². The fourth-order valence-corrected chi connectivity index (χ4v) is 2.93. The highest BCUT2D eigenvalue weighted by Gasteiger charge is 2.16. The minimum atomic E-state index is -0.197. The number of methoxy groups -OCH3 is 2. The van der Waals surface area contributed by atoms with Crippen molar-refractivity contribution in [1.29, 1.82) is 0 Å². The second-order valence-electron chi connectivity index (χ2n) is 4.42. The zero-order chi connectivity index (χ0) is 15.7. The van der Waals surface area contributed by atoms with Crippen LogP contribution in [0.5, 0.6) is 5.75 Å². The van der Waals surface area contributed by atoms with Gasteiger partial charge in [0.15, 0.2) is 11.6 Å². The largest absolute Gasteiger partial charge is 0.492 e. The first-order valence-corrected chi connectivity index (χ1v) is 8.13. The smallest absolute Gasteiger partial charge is 0.306 e. The van der Waals surface area contributed by atoms with Gasteiger partial charge in [0.25, 0.3) is 0 Å². The second-order valence-corrected chi connectivity index (χ2v) is 5.56. The van der Waals surface area contributed by atoms with Crippen LogP contribution in [0.3, 0.4) is 0 Å². The molecule has 1 rings (SSSR count). The van der Waals surface area contributed by atoms with Crippen molar-refractivity contribution in [2.75, 3.05) is 38.0 Å². The first kappa shape index (κ1) is 17.6. The summed E-state index contributed by atoms with van der Waals surface area (Å²) < 4.78 is 10.2. The van der Waals surface area contributed by atoms with Gasteiger partial charge in [-0.15, -0.1) is 11.8 Å². The maximum atomic E-state index is 11.2. The van der Waals surface area contributed by atoms with Gasteiger partial charge in [-0.3, -0.25) is 4.79 Å². The monoisotopic (exact) mass is 312 g/mol. The zero-order valence-electron chi connectivity index (χ0n) is 13.2. The van der Waals surface area contributed by atoms with Gasteiger partial charge in [-0.2, -0.15) is 0 Å². The molecule has 118 valence electrons. The third-order valence-corrected chi connectivity index (χ3v) is 4.06. The molecule has 0 saturated heterocycles. The number of hydrogen-bond acceptors (Lipinski definition) is 6. The van der Waals surface area contributed by atoms with Crippen LogP contribution in [0.15, 0.2) is 17.2 Å². The Morgan fingerprint density at radius 2 is 2.14 bits per heavy atom. The van der Waals surface area contributed by atoms with E-state index in [4.69, 9.17) is 4.74 Å². The fourth-order valence-electron chi connectivity index (χ4n) is 1.98. The predicted octanol–water partition coefficient (Wildman–Crippen LogP) is 2.98. The highest BCUT2D eigenvalue weighted by atomic mass is 32.2. The minimum absolute atomic E-state index is 0.197. The minimum Gasteiger partial charge on any atom is -0.492 e. The molecule has 0 radical (unpaired) electrons. The normalized spacial score (nSPS) is 10.3. The van der Waals surface area contributed by atoms with Gasteiger partial charge >= 0.3 is 5.97 Å². The summed E-state index contributed by atoms with van der Waals surface area (Å²) >= 11 is 1.58. The van der Waals surface area contributed by atoms with Crippen molar-refractivity contribution in [3.05, 3.63) is 12.3 Å². The van der Waals surface area contributed by atoms with Crippen LogP contribution in [0.4, 0.5) is 5.82 Å². The Bertz CT molecular complexity index is 455. The Morgan fingerprint density at radius 3 is 2.71 bits per heavy atom. The van der Waals surface area contributed by atoms with Crippen LogP contribution in [0, 0.1) is 0 Å². The van der Waals surface area contributed by atoms with E-state index < -0.39 is 0 Å². The van der Waals surface area contributed by atoms with Crippen LogP contribution in [0.1, 0.15) is 26.7 Å². The third kappa shape index (κ3) is 5.12. The van der Waals surface area contributed by atoms with E-state index in [1.807, 2.05) is 6.07 Å². The average Bonchev–Trinajstić information content (AvgIpc) is 2.52. The first-order valence-electron chi connectivity index (χ1n) is 7.15. The van der Waals surface area contributed by atoms with Gasteiger partial charge in [0.2, 0.25) is 0 Å². The lowest BCUT2D eigenvalue weighted by molar-refractivity contribution is -0.140. The van der Waals surface area contributed by atoms with Crippen molar-refractivity contribution in [3.63, 3.8) is 0 Å². The number of hydrogen-bond donors (Lipinski definition) is 0. The lowest BCUT2D eigenvalue weighted by atomic mass is 10.3. The average molecular weight is 312 g/mol. The van der Waals surface area contributed by atoms with E-state index in [9.17, 15) is 4.79 Å². The Balaban J connectivity index is 2.87. The number of carbonyl (C=O) groups excluding carboxylic acids is 1. The summed E-state index contributed by atoms with van der Waals surface area (Å²) in [6.07, 6.45) is 3.23. The Labute approximate surface area is 131 Å². The van der Waals surface area contributed by atoms with E-state index >= 15 is 0 Å². The molecule has 1 aromatic heterocycles. The van der Waals surface area contributed by atoms with E-state index in [0.29, 0.717) is 12.2 Å². The van der Waals surface area contributed by atoms with E-state index in [-0.39, 0.29) is 5.97 Å². The quantitative estimate of drug-likeness (QED) is 0.516. The van der Waals surface area contributed by atoms with Gasteiger partial charge in [-0.05, 0) is 19.4 Å². The Kier molecular flexibility index (Phi) is 7.97. The summed E-state index contributed by atoms with van der Waals surface area (Å²) in [6, 6.07) is 1.92. The number of ether oxygens (including phenoxy) is 2. The summed E-state index contributed by atoms with van der Waals surface area (Å²) in [6.45, 7) is 6.07. The molecule has 5 nitrogen and oxygen atoms in total. The maximum absolute atomic E-state index is 11.2. The Hall–Kier alpha value is -1.43. The SMILES string of the molecule is CCCN(CC)c1nccc(SCCC(=O)OC)c1OC. The topological polar surface area (TPSA) is 51.7 Å². The molecule has 6 heteroatoms. The molecule has 0 aliphatic rings. The van der Waals surface area contributed by atoms with Crippen LogP contribution in [-0.2, 0) is 9.53 Å². The van der Waals surface area contributed by atoms with Crippen molar-refractivity contribution in [2.45, 2.75) is 31.6 Å². The molecule has 0 unspecified atom stereocenters. The number of nitrogens with zero attached hydrogens (tertiary/aromatic N) is 2. The third-order valence-electron chi connectivity index (χ3n) is 3.02. The maximum Gasteiger partial charge on any atom is 0.306 e. The van der Waals surface area contributed by atoms with Gasteiger partial charge < -0.3 is 14.4 Å². The molecule has 1 aromatic rings. The number of pyridine rings is 1. The van der Waals surface area contributed by atoms with Crippen molar-refractivity contribution < 1.29 is 14.3 Å². The van der Waals surface area contributed by atoms with Gasteiger partial charge in [-0.25, -0.2) is 4.98 Å². The molecule has 0 aliphatic carbocycles. The highest BCUT2D eigenvalue weighted by molar-refractivity contribution is 7.99. The van der Waals surface area contributed by atoms with Crippen molar-refractivity contribution in [3.8, 4) is 5.75 Å². The van der Waals surface area contributed by atoms with Gasteiger partial charge in [0.1, 0.15) is 0 Å².